The van der Waals surface area contributed by atoms with Crippen LogP contribution in [0.2, 0.25) is 0 Å². The SMILES string of the molecule is CCCNCc1cncc(N2CC(C)CC(C)C2C)n1. The van der Waals surface area contributed by atoms with Gasteiger partial charge >= 0.3 is 0 Å². The summed E-state index contributed by atoms with van der Waals surface area (Å²) >= 11 is 0. The molecule has 0 radical (unpaired) electrons. The van der Waals surface area contributed by atoms with Crippen LogP contribution in [-0.4, -0.2) is 29.1 Å². The largest absolute Gasteiger partial charge is 0.352 e. The van der Waals surface area contributed by atoms with Crippen molar-refractivity contribution in [3.8, 4) is 0 Å². The van der Waals surface area contributed by atoms with E-state index in [2.05, 4.69) is 42.9 Å². The van der Waals surface area contributed by atoms with E-state index >= 15 is 0 Å². The molecule has 1 fully saturated rings. The first kappa shape index (κ1) is 15.2. The van der Waals surface area contributed by atoms with E-state index in [1.807, 2.05) is 12.4 Å². The topological polar surface area (TPSA) is 41.1 Å². The zero-order valence-corrected chi connectivity index (χ0v) is 13.3. The Morgan fingerprint density at radius 3 is 2.85 bits per heavy atom. The number of hydrogen-bond acceptors (Lipinski definition) is 4. The fourth-order valence-electron chi connectivity index (χ4n) is 3.03. The lowest BCUT2D eigenvalue weighted by molar-refractivity contribution is 0.295. The highest BCUT2D eigenvalue weighted by atomic mass is 15.2. The van der Waals surface area contributed by atoms with Gasteiger partial charge in [0, 0.05) is 25.3 Å². The van der Waals surface area contributed by atoms with Crippen LogP contribution in [0.15, 0.2) is 12.4 Å². The highest BCUT2D eigenvalue weighted by molar-refractivity contribution is 5.38. The summed E-state index contributed by atoms with van der Waals surface area (Å²) in [6.07, 6.45) is 6.23. The van der Waals surface area contributed by atoms with Gasteiger partial charge in [-0.2, -0.15) is 0 Å². The second kappa shape index (κ2) is 7.02. The lowest BCUT2D eigenvalue weighted by Crippen LogP contribution is -2.46. The minimum Gasteiger partial charge on any atom is -0.352 e. The van der Waals surface area contributed by atoms with Gasteiger partial charge in [-0.25, -0.2) is 4.98 Å². The molecule has 1 aromatic heterocycles. The lowest BCUT2D eigenvalue weighted by Gasteiger charge is -2.41. The second-order valence-electron chi connectivity index (χ2n) is 6.26. The molecule has 1 N–H and O–H groups in total. The van der Waals surface area contributed by atoms with Crippen LogP contribution in [0.25, 0.3) is 0 Å². The molecule has 1 saturated heterocycles. The van der Waals surface area contributed by atoms with Crippen molar-refractivity contribution in [2.24, 2.45) is 11.8 Å². The molecule has 1 aliphatic heterocycles. The Hall–Kier alpha value is -1.16. The Bertz CT molecular complexity index is 421. The molecule has 3 atom stereocenters. The molecule has 3 unspecified atom stereocenters. The smallest absolute Gasteiger partial charge is 0.147 e. The first-order valence-electron chi connectivity index (χ1n) is 7.90. The molecule has 0 saturated carbocycles. The average Bonchev–Trinajstić information content (AvgIpc) is 2.43. The number of piperidine rings is 1. The van der Waals surface area contributed by atoms with Crippen molar-refractivity contribution in [3.05, 3.63) is 18.1 Å². The molecule has 1 aromatic rings. The predicted molar refractivity (Wildman–Crippen MR) is 83.8 cm³/mol. The summed E-state index contributed by atoms with van der Waals surface area (Å²) in [5, 5.41) is 3.39. The number of nitrogens with one attached hydrogen (secondary N) is 1. The first-order valence-corrected chi connectivity index (χ1v) is 7.90. The van der Waals surface area contributed by atoms with Crippen LogP contribution in [0.1, 0.15) is 46.2 Å². The lowest BCUT2D eigenvalue weighted by atomic mass is 9.86. The third kappa shape index (κ3) is 3.69. The van der Waals surface area contributed by atoms with Crippen molar-refractivity contribution in [1.82, 2.24) is 15.3 Å². The highest BCUT2D eigenvalue weighted by Crippen LogP contribution is 2.29. The van der Waals surface area contributed by atoms with Crippen molar-refractivity contribution in [1.29, 1.82) is 0 Å². The molecule has 20 heavy (non-hydrogen) atoms. The van der Waals surface area contributed by atoms with Gasteiger partial charge in [-0.3, -0.25) is 4.98 Å². The summed E-state index contributed by atoms with van der Waals surface area (Å²) in [7, 11) is 0. The van der Waals surface area contributed by atoms with E-state index in [9.17, 15) is 0 Å². The quantitative estimate of drug-likeness (QED) is 0.840. The molecule has 1 aliphatic rings. The van der Waals surface area contributed by atoms with Crippen LogP contribution in [0.4, 0.5) is 5.82 Å². The minimum atomic E-state index is 0.541. The van der Waals surface area contributed by atoms with Crippen LogP contribution < -0.4 is 10.2 Å². The van der Waals surface area contributed by atoms with Gasteiger partial charge in [-0.1, -0.05) is 20.8 Å². The van der Waals surface area contributed by atoms with Gasteiger partial charge < -0.3 is 10.2 Å². The van der Waals surface area contributed by atoms with Crippen LogP contribution >= 0.6 is 0 Å². The van der Waals surface area contributed by atoms with E-state index < -0.39 is 0 Å². The van der Waals surface area contributed by atoms with Gasteiger partial charge in [0.05, 0.1) is 11.9 Å². The molecule has 2 rings (SSSR count). The third-order valence-electron chi connectivity index (χ3n) is 4.30. The average molecular weight is 276 g/mol. The third-order valence-corrected chi connectivity index (χ3v) is 4.30. The van der Waals surface area contributed by atoms with Crippen LogP contribution in [0.5, 0.6) is 0 Å². The van der Waals surface area contributed by atoms with Crippen molar-refractivity contribution in [3.63, 3.8) is 0 Å². The fraction of sp³-hybridized carbons (Fsp3) is 0.750. The second-order valence-corrected chi connectivity index (χ2v) is 6.26. The van der Waals surface area contributed by atoms with Gasteiger partial charge in [0.25, 0.3) is 0 Å². The van der Waals surface area contributed by atoms with Gasteiger partial charge in [0.15, 0.2) is 0 Å². The van der Waals surface area contributed by atoms with Crippen molar-refractivity contribution >= 4 is 5.82 Å². The number of rotatable bonds is 5. The monoisotopic (exact) mass is 276 g/mol. The normalized spacial score (nSPS) is 26.8. The van der Waals surface area contributed by atoms with E-state index in [1.54, 1.807) is 0 Å². The minimum absolute atomic E-state index is 0.541. The summed E-state index contributed by atoms with van der Waals surface area (Å²) in [6, 6.07) is 0.541. The molecule has 2 heterocycles. The van der Waals surface area contributed by atoms with Gasteiger partial charge in [-0.15, -0.1) is 0 Å². The summed E-state index contributed by atoms with van der Waals surface area (Å²) in [6.45, 7) is 12.1. The van der Waals surface area contributed by atoms with E-state index in [-0.39, 0.29) is 0 Å². The molecule has 0 aliphatic carbocycles. The van der Waals surface area contributed by atoms with Crippen LogP contribution in [0, 0.1) is 11.8 Å². The van der Waals surface area contributed by atoms with E-state index in [0.29, 0.717) is 12.0 Å². The molecule has 0 bridgehead atoms. The maximum absolute atomic E-state index is 4.79. The Morgan fingerprint density at radius 2 is 2.10 bits per heavy atom. The molecule has 0 amide bonds. The van der Waals surface area contributed by atoms with Gasteiger partial charge in [0.1, 0.15) is 5.82 Å². The number of aromatic nitrogens is 2. The maximum Gasteiger partial charge on any atom is 0.147 e. The summed E-state index contributed by atoms with van der Waals surface area (Å²) < 4.78 is 0. The predicted octanol–water partition coefficient (Wildman–Crippen LogP) is 2.85. The van der Waals surface area contributed by atoms with E-state index in [4.69, 9.17) is 4.98 Å². The fourth-order valence-corrected chi connectivity index (χ4v) is 3.03. The Labute approximate surface area is 123 Å². The van der Waals surface area contributed by atoms with Crippen LogP contribution in [0.3, 0.4) is 0 Å². The van der Waals surface area contributed by atoms with Crippen molar-refractivity contribution < 1.29 is 0 Å². The number of nitrogens with zero attached hydrogens (tertiary/aromatic N) is 3. The number of anilines is 1. The molecule has 0 aromatic carbocycles. The van der Waals surface area contributed by atoms with E-state index in [1.165, 1.54) is 6.42 Å². The highest BCUT2D eigenvalue weighted by Gasteiger charge is 2.29. The molecule has 4 heteroatoms. The summed E-state index contributed by atoms with van der Waals surface area (Å²) in [5.41, 5.74) is 1.04. The van der Waals surface area contributed by atoms with Gasteiger partial charge in [-0.05, 0) is 38.1 Å². The summed E-state index contributed by atoms with van der Waals surface area (Å²) in [4.78, 5) is 11.6. The van der Waals surface area contributed by atoms with Crippen molar-refractivity contribution in [2.45, 2.75) is 53.1 Å². The van der Waals surface area contributed by atoms with E-state index in [0.717, 1.165) is 43.5 Å². The maximum atomic E-state index is 4.79. The summed E-state index contributed by atoms with van der Waals surface area (Å²) in [5.74, 6) is 2.47. The van der Waals surface area contributed by atoms with Crippen molar-refractivity contribution in [2.75, 3.05) is 18.0 Å². The number of hydrogen-bond donors (Lipinski definition) is 1. The first-order chi connectivity index (χ1) is 9.61. The molecule has 0 spiro atoms. The molecule has 4 nitrogen and oxygen atoms in total. The molecular formula is C16H28N4. The van der Waals surface area contributed by atoms with Gasteiger partial charge in [0.2, 0.25) is 0 Å². The zero-order chi connectivity index (χ0) is 14.5. The molecular weight excluding hydrogens is 248 g/mol. The Morgan fingerprint density at radius 1 is 1.30 bits per heavy atom. The zero-order valence-electron chi connectivity index (χ0n) is 13.3. The molecule has 112 valence electrons. The van der Waals surface area contributed by atoms with Crippen LogP contribution in [-0.2, 0) is 6.54 Å². The Balaban J connectivity index is 2.09. The standard InChI is InChI=1S/C16H28N4/c1-5-6-17-8-15-9-18-10-16(19-15)20-11-12(2)7-13(3)14(20)4/h9-10,12-14,17H,5-8,11H2,1-4H3. The Kier molecular flexibility index (Phi) is 5.35.